The number of hydrogen-bond donors (Lipinski definition) is 1. The van der Waals surface area contributed by atoms with Gasteiger partial charge < -0.3 is 9.88 Å². The summed E-state index contributed by atoms with van der Waals surface area (Å²) in [5.74, 6) is 1.53. The van der Waals surface area contributed by atoms with E-state index in [0.29, 0.717) is 38.4 Å². The molecule has 148 valence electrons. The smallest absolute Gasteiger partial charge is 0.222 e. The summed E-state index contributed by atoms with van der Waals surface area (Å²) in [5.41, 5.74) is 0. The Hall–Kier alpha value is -1.41. The minimum atomic E-state index is -3.11. The van der Waals surface area contributed by atoms with E-state index >= 15 is 0 Å². The van der Waals surface area contributed by atoms with E-state index in [-0.39, 0.29) is 17.7 Å². The highest BCUT2D eigenvalue weighted by atomic mass is 32.2. The van der Waals surface area contributed by atoms with Crippen LogP contribution in [-0.4, -0.2) is 53.6 Å². The van der Waals surface area contributed by atoms with Gasteiger partial charge in [-0.1, -0.05) is 13.3 Å². The minimum Gasteiger partial charge on any atom is -0.356 e. The quantitative estimate of drug-likeness (QED) is 0.707. The molecule has 1 atom stereocenters. The summed E-state index contributed by atoms with van der Waals surface area (Å²) in [7, 11) is -3.11. The maximum Gasteiger partial charge on any atom is 0.222 e. The van der Waals surface area contributed by atoms with E-state index in [4.69, 9.17) is 0 Å². The van der Waals surface area contributed by atoms with Crippen LogP contribution >= 0.6 is 0 Å². The number of carbonyl (C=O) groups is 1. The van der Waals surface area contributed by atoms with Crippen molar-refractivity contribution >= 4 is 15.9 Å². The predicted octanol–water partition coefficient (Wildman–Crippen LogP) is 2.10. The lowest BCUT2D eigenvalue weighted by Crippen LogP contribution is -2.42. The first-order chi connectivity index (χ1) is 12.3. The zero-order valence-corrected chi connectivity index (χ0v) is 17.0. The van der Waals surface area contributed by atoms with Crippen LogP contribution in [0.5, 0.6) is 0 Å². The molecule has 7 nitrogen and oxygen atoms in total. The Labute approximate surface area is 157 Å². The molecule has 0 bridgehead atoms. The first-order valence-corrected chi connectivity index (χ1v) is 11.2. The number of nitrogens with one attached hydrogen (secondary N) is 1. The zero-order valence-electron chi connectivity index (χ0n) is 16.1. The molecule has 8 heteroatoms. The molecule has 1 fully saturated rings. The van der Waals surface area contributed by atoms with Crippen LogP contribution in [0.1, 0.15) is 57.8 Å². The lowest BCUT2D eigenvalue weighted by Gasteiger charge is -2.31. The monoisotopic (exact) mass is 384 g/mol. The lowest BCUT2D eigenvalue weighted by molar-refractivity contribution is -0.122. The summed E-state index contributed by atoms with van der Waals surface area (Å²) in [6.45, 7) is 7.69. The zero-order chi connectivity index (χ0) is 19.2. The summed E-state index contributed by atoms with van der Waals surface area (Å²) >= 11 is 0. The van der Waals surface area contributed by atoms with E-state index in [1.54, 1.807) is 10.5 Å². The molecule has 1 aromatic rings. The first-order valence-electron chi connectivity index (χ1n) is 9.57. The molecule has 1 amide bonds. The van der Waals surface area contributed by atoms with Crippen LogP contribution in [0, 0.1) is 12.8 Å². The lowest BCUT2D eigenvalue weighted by atomic mass is 9.98. The average molecular weight is 385 g/mol. The average Bonchev–Trinajstić information content (AvgIpc) is 3.05. The standard InChI is InChI=1S/C18H32N4O3S/c1-4-5-12-26(24,25)21-9-6-17(7-10-21)14-20-18(23)13-15(2)22-11-8-19-16(22)3/h8,11,15,17H,4-7,9-10,12-14H2,1-3H3,(H,20,23). The van der Waals surface area contributed by atoms with Crippen LogP contribution in [0.3, 0.4) is 0 Å². The largest absolute Gasteiger partial charge is 0.356 e. The number of imidazole rings is 1. The molecule has 0 radical (unpaired) electrons. The second-order valence-corrected chi connectivity index (χ2v) is 9.34. The van der Waals surface area contributed by atoms with E-state index in [1.165, 1.54) is 0 Å². The Morgan fingerprint density at radius 2 is 2.08 bits per heavy atom. The maximum atomic E-state index is 12.2. The summed E-state index contributed by atoms with van der Waals surface area (Å²) in [5, 5.41) is 3.01. The first kappa shape index (κ1) is 20.9. The van der Waals surface area contributed by atoms with Crippen molar-refractivity contribution < 1.29 is 13.2 Å². The summed E-state index contributed by atoms with van der Waals surface area (Å²) in [4.78, 5) is 16.4. The van der Waals surface area contributed by atoms with Crippen molar-refractivity contribution in [2.75, 3.05) is 25.4 Å². The summed E-state index contributed by atoms with van der Waals surface area (Å²) in [6.07, 6.45) is 7.27. The number of hydrogen-bond acceptors (Lipinski definition) is 4. The van der Waals surface area contributed by atoms with Crippen molar-refractivity contribution in [1.82, 2.24) is 19.2 Å². The van der Waals surface area contributed by atoms with Crippen molar-refractivity contribution in [3.05, 3.63) is 18.2 Å². The number of unbranched alkanes of at least 4 members (excludes halogenated alkanes) is 1. The topological polar surface area (TPSA) is 84.3 Å². The van der Waals surface area contributed by atoms with Gasteiger partial charge in [-0.05, 0) is 39.0 Å². The molecular formula is C18H32N4O3S. The third kappa shape index (κ3) is 5.81. The highest BCUT2D eigenvalue weighted by Crippen LogP contribution is 2.20. The highest BCUT2D eigenvalue weighted by molar-refractivity contribution is 7.89. The second kappa shape index (κ2) is 9.50. The molecule has 26 heavy (non-hydrogen) atoms. The maximum absolute atomic E-state index is 12.2. The predicted molar refractivity (Wildman–Crippen MR) is 102 cm³/mol. The Kier molecular flexibility index (Phi) is 7.64. The Bertz CT molecular complexity index is 678. The van der Waals surface area contributed by atoms with Gasteiger partial charge in [0.05, 0.1) is 5.75 Å². The number of sulfonamides is 1. The van der Waals surface area contributed by atoms with Crippen LogP contribution in [0.2, 0.25) is 0 Å². The fraction of sp³-hybridized carbons (Fsp3) is 0.778. The van der Waals surface area contributed by atoms with Gasteiger partial charge in [0, 0.05) is 44.5 Å². The molecule has 1 aliphatic heterocycles. The van der Waals surface area contributed by atoms with E-state index in [1.807, 2.05) is 31.5 Å². The van der Waals surface area contributed by atoms with E-state index in [2.05, 4.69) is 10.3 Å². The highest BCUT2D eigenvalue weighted by Gasteiger charge is 2.27. The molecule has 0 spiro atoms. The third-order valence-corrected chi connectivity index (χ3v) is 7.09. The van der Waals surface area contributed by atoms with E-state index in [0.717, 1.165) is 25.1 Å². The molecule has 1 aromatic heterocycles. The van der Waals surface area contributed by atoms with Crippen molar-refractivity contribution in [2.24, 2.45) is 5.92 Å². The number of carbonyl (C=O) groups excluding carboxylic acids is 1. The van der Waals surface area contributed by atoms with Gasteiger partial charge in [0.2, 0.25) is 15.9 Å². The van der Waals surface area contributed by atoms with Gasteiger partial charge in [-0.25, -0.2) is 17.7 Å². The number of amides is 1. The molecule has 1 aliphatic rings. The Balaban J connectivity index is 1.71. The molecular weight excluding hydrogens is 352 g/mol. The number of piperidine rings is 1. The van der Waals surface area contributed by atoms with Crippen molar-refractivity contribution in [2.45, 2.75) is 58.9 Å². The Morgan fingerprint density at radius 3 is 2.65 bits per heavy atom. The fourth-order valence-corrected chi connectivity index (χ4v) is 5.08. The van der Waals surface area contributed by atoms with Gasteiger partial charge in [0.25, 0.3) is 0 Å². The fourth-order valence-electron chi connectivity index (χ4n) is 3.40. The second-order valence-electron chi connectivity index (χ2n) is 7.25. The van der Waals surface area contributed by atoms with Gasteiger partial charge >= 0.3 is 0 Å². The number of nitrogens with zero attached hydrogens (tertiary/aromatic N) is 3. The Morgan fingerprint density at radius 1 is 1.38 bits per heavy atom. The van der Waals surface area contributed by atoms with Gasteiger partial charge in [-0.3, -0.25) is 4.79 Å². The molecule has 0 aliphatic carbocycles. The van der Waals surface area contributed by atoms with Gasteiger partial charge in [0.15, 0.2) is 0 Å². The number of aromatic nitrogens is 2. The van der Waals surface area contributed by atoms with Crippen LogP contribution < -0.4 is 5.32 Å². The van der Waals surface area contributed by atoms with Gasteiger partial charge in [-0.2, -0.15) is 0 Å². The minimum absolute atomic E-state index is 0.0311. The number of aryl methyl sites for hydroxylation is 1. The van der Waals surface area contributed by atoms with Crippen molar-refractivity contribution in [1.29, 1.82) is 0 Å². The van der Waals surface area contributed by atoms with Crippen molar-refractivity contribution in [3.63, 3.8) is 0 Å². The van der Waals surface area contributed by atoms with Gasteiger partial charge in [-0.15, -0.1) is 0 Å². The summed E-state index contributed by atoms with van der Waals surface area (Å²) < 4.78 is 28.1. The third-order valence-electron chi connectivity index (χ3n) is 5.13. The van der Waals surface area contributed by atoms with E-state index < -0.39 is 10.0 Å². The molecule has 0 saturated carbocycles. The van der Waals surface area contributed by atoms with Gasteiger partial charge in [0.1, 0.15) is 5.82 Å². The van der Waals surface area contributed by atoms with Crippen LogP contribution in [0.15, 0.2) is 12.4 Å². The van der Waals surface area contributed by atoms with Crippen LogP contribution in [0.4, 0.5) is 0 Å². The molecule has 1 unspecified atom stereocenters. The van der Waals surface area contributed by atoms with Crippen molar-refractivity contribution in [3.8, 4) is 0 Å². The molecule has 2 heterocycles. The number of rotatable bonds is 9. The SMILES string of the molecule is CCCCS(=O)(=O)N1CCC(CNC(=O)CC(C)n2ccnc2C)CC1. The molecule has 2 rings (SSSR count). The molecule has 1 N–H and O–H groups in total. The normalized spacial score (nSPS) is 18.0. The van der Waals surface area contributed by atoms with Crippen LogP contribution in [0.25, 0.3) is 0 Å². The van der Waals surface area contributed by atoms with E-state index in [9.17, 15) is 13.2 Å². The summed E-state index contributed by atoms with van der Waals surface area (Å²) in [6, 6.07) is 0.0723. The van der Waals surface area contributed by atoms with Crippen LogP contribution in [-0.2, 0) is 14.8 Å². The molecule has 1 saturated heterocycles. The molecule has 0 aromatic carbocycles.